The zero-order valence-electron chi connectivity index (χ0n) is 12.6. The first-order valence-electron chi connectivity index (χ1n) is 7.33. The standard InChI is InChI=1S/C14H20N4O2S/c1-4-10-8-11(19)18-12(15-10)21-13(16-18)17-6-7-20-14(3,5-2)9-17/h8H,4-7,9H2,1-3H3. The Hall–Kier alpha value is -1.47. The topological polar surface area (TPSA) is 59.7 Å². The highest BCUT2D eigenvalue weighted by Gasteiger charge is 2.31. The molecule has 1 saturated heterocycles. The van der Waals surface area contributed by atoms with Crippen molar-refractivity contribution in [3.8, 4) is 0 Å². The molecule has 3 rings (SSSR count). The lowest BCUT2D eigenvalue weighted by Gasteiger charge is -2.39. The van der Waals surface area contributed by atoms with Crippen LogP contribution in [0.3, 0.4) is 0 Å². The van der Waals surface area contributed by atoms with Crippen LogP contribution in [0.2, 0.25) is 0 Å². The van der Waals surface area contributed by atoms with Crippen molar-refractivity contribution >= 4 is 21.4 Å². The van der Waals surface area contributed by atoms with Gasteiger partial charge in [-0.3, -0.25) is 4.79 Å². The van der Waals surface area contributed by atoms with Gasteiger partial charge in [-0.15, -0.1) is 5.10 Å². The second-order valence-corrected chi connectivity index (χ2v) is 6.53. The molecule has 2 aromatic heterocycles. The fourth-order valence-electron chi connectivity index (χ4n) is 2.46. The molecule has 1 fully saturated rings. The van der Waals surface area contributed by atoms with Gasteiger partial charge in [0.15, 0.2) is 0 Å². The molecular weight excluding hydrogens is 288 g/mol. The number of ether oxygens (including phenoxy) is 1. The Morgan fingerprint density at radius 3 is 3.00 bits per heavy atom. The zero-order chi connectivity index (χ0) is 15.0. The predicted molar refractivity (Wildman–Crippen MR) is 83.4 cm³/mol. The molecule has 6 nitrogen and oxygen atoms in total. The van der Waals surface area contributed by atoms with Crippen LogP contribution < -0.4 is 10.5 Å². The molecule has 3 heterocycles. The molecule has 0 amide bonds. The molecule has 21 heavy (non-hydrogen) atoms. The number of rotatable bonds is 3. The SMILES string of the molecule is CCc1cc(=O)n2nc(N3CCOC(C)(CC)C3)sc2n1. The summed E-state index contributed by atoms with van der Waals surface area (Å²) < 4.78 is 7.25. The van der Waals surface area contributed by atoms with Crippen LogP contribution in [0, 0.1) is 0 Å². The number of anilines is 1. The molecule has 7 heteroatoms. The molecule has 0 aromatic carbocycles. The average molecular weight is 308 g/mol. The van der Waals surface area contributed by atoms with E-state index in [0.29, 0.717) is 11.6 Å². The van der Waals surface area contributed by atoms with Gasteiger partial charge in [0, 0.05) is 24.8 Å². The Labute approximate surface area is 127 Å². The molecule has 1 unspecified atom stereocenters. The van der Waals surface area contributed by atoms with Crippen LogP contribution in [0.5, 0.6) is 0 Å². The van der Waals surface area contributed by atoms with E-state index in [-0.39, 0.29) is 11.2 Å². The van der Waals surface area contributed by atoms with E-state index in [4.69, 9.17) is 4.74 Å². The first-order chi connectivity index (χ1) is 10.0. The summed E-state index contributed by atoms with van der Waals surface area (Å²) in [5.41, 5.74) is 0.560. The molecule has 1 aliphatic rings. The van der Waals surface area contributed by atoms with Crippen LogP contribution >= 0.6 is 11.3 Å². The van der Waals surface area contributed by atoms with Crippen LogP contribution in [-0.2, 0) is 11.2 Å². The first kappa shape index (κ1) is 14.5. The average Bonchev–Trinajstić information content (AvgIpc) is 2.92. The van der Waals surface area contributed by atoms with Gasteiger partial charge in [-0.05, 0) is 19.8 Å². The van der Waals surface area contributed by atoms with Gasteiger partial charge in [-0.25, -0.2) is 4.98 Å². The van der Waals surface area contributed by atoms with Crippen LogP contribution in [0.25, 0.3) is 4.96 Å². The van der Waals surface area contributed by atoms with Crippen LogP contribution in [0.1, 0.15) is 32.9 Å². The number of morpholine rings is 1. The van der Waals surface area contributed by atoms with Crippen LogP contribution in [0.4, 0.5) is 5.13 Å². The minimum absolute atomic E-state index is 0.106. The minimum atomic E-state index is -0.150. The number of hydrogen-bond donors (Lipinski definition) is 0. The summed E-state index contributed by atoms with van der Waals surface area (Å²) >= 11 is 1.47. The van der Waals surface area contributed by atoms with E-state index in [1.165, 1.54) is 15.9 Å². The quantitative estimate of drug-likeness (QED) is 0.864. The molecule has 0 aliphatic carbocycles. The minimum Gasteiger partial charge on any atom is -0.372 e. The Morgan fingerprint density at radius 1 is 1.48 bits per heavy atom. The number of aryl methyl sites for hydroxylation is 1. The van der Waals surface area contributed by atoms with Gasteiger partial charge in [0.1, 0.15) is 0 Å². The fraction of sp³-hybridized carbons (Fsp3) is 0.643. The lowest BCUT2D eigenvalue weighted by atomic mass is 10.0. The van der Waals surface area contributed by atoms with Gasteiger partial charge in [-0.2, -0.15) is 4.52 Å². The summed E-state index contributed by atoms with van der Waals surface area (Å²) in [6.45, 7) is 8.51. The maximum atomic E-state index is 12.1. The Bertz CT molecular complexity index is 711. The summed E-state index contributed by atoms with van der Waals surface area (Å²) in [5.74, 6) is 0. The molecule has 2 aromatic rings. The van der Waals surface area contributed by atoms with Crippen molar-refractivity contribution in [1.29, 1.82) is 0 Å². The van der Waals surface area contributed by atoms with E-state index in [1.54, 1.807) is 6.07 Å². The molecule has 0 N–H and O–H groups in total. The first-order valence-corrected chi connectivity index (χ1v) is 8.15. The van der Waals surface area contributed by atoms with E-state index in [2.05, 4.69) is 28.8 Å². The Kier molecular flexibility index (Phi) is 3.71. The van der Waals surface area contributed by atoms with E-state index >= 15 is 0 Å². The Balaban J connectivity index is 1.97. The smallest absolute Gasteiger partial charge is 0.275 e. The van der Waals surface area contributed by atoms with Crippen molar-refractivity contribution in [2.45, 2.75) is 39.2 Å². The second-order valence-electron chi connectivity index (χ2n) is 5.59. The highest BCUT2D eigenvalue weighted by molar-refractivity contribution is 7.20. The summed E-state index contributed by atoms with van der Waals surface area (Å²) in [4.78, 5) is 19.4. The van der Waals surface area contributed by atoms with Gasteiger partial charge < -0.3 is 9.64 Å². The molecule has 0 saturated carbocycles. The number of fused-ring (bicyclic) bond motifs is 1. The van der Waals surface area contributed by atoms with E-state index < -0.39 is 0 Å². The second kappa shape index (κ2) is 5.38. The maximum absolute atomic E-state index is 12.1. The fourth-order valence-corrected chi connectivity index (χ4v) is 3.41. The highest BCUT2D eigenvalue weighted by Crippen LogP contribution is 2.28. The maximum Gasteiger partial charge on any atom is 0.275 e. The van der Waals surface area contributed by atoms with Gasteiger partial charge in [-0.1, -0.05) is 25.2 Å². The van der Waals surface area contributed by atoms with E-state index in [1.807, 2.05) is 6.92 Å². The summed E-state index contributed by atoms with van der Waals surface area (Å²) in [6.07, 6.45) is 1.71. The lowest BCUT2D eigenvalue weighted by molar-refractivity contribution is -0.0441. The molecule has 114 valence electrons. The monoisotopic (exact) mass is 308 g/mol. The zero-order valence-corrected chi connectivity index (χ0v) is 13.4. The third kappa shape index (κ3) is 2.67. The van der Waals surface area contributed by atoms with E-state index in [9.17, 15) is 4.79 Å². The molecule has 0 radical (unpaired) electrons. The van der Waals surface area contributed by atoms with Crippen LogP contribution in [-0.4, -0.2) is 39.9 Å². The summed E-state index contributed by atoms with van der Waals surface area (Å²) in [5, 5.41) is 5.29. The molecular formula is C14H20N4O2S. The van der Waals surface area contributed by atoms with Gasteiger partial charge in [0.05, 0.1) is 12.2 Å². The molecule has 0 bridgehead atoms. The Morgan fingerprint density at radius 2 is 2.29 bits per heavy atom. The largest absolute Gasteiger partial charge is 0.372 e. The number of nitrogens with zero attached hydrogens (tertiary/aromatic N) is 4. The molecule has 0 spiro atoms. The van der Waals surface area contributed by atoms with E-state index in [0.717, 1.165) is 36.8 Å². The molecule has 1 atom stereocenters. The highest BCUT2D eigenvalue weighted by atomic mass is 32.1. The molecule has 1 aliphatic heterocycles. The third-order valence-electron chi connectivity index (χ3n) is 4.01. The van der Waals surface area contributed by atoms with Crippen LogP contribution in [0.15, 0.2) is 10.9 Å². The van der Waals surface area contributed by atoms with Gasteiger partial charge in [0.25, 0.3) is 5.56 Å². The summed E-state index contributed by atoms with van der Waals surface area (Å²) in [6, 6.07) is 1.56. The van der Waals surface area contributed by atoms with Crippen molar-refractivity contribution in [2.24, 2.45) is 0 Å². The van der Waals surface area contributed by atoms with Crippen molar-refractivity contribution in [3.63, 3.8) is 0 Å². The summed E-state index contributed by atoms with van der Waals surface area (Å²) in [7, 11) is 0. The lowest BCUT2D eigenvalue weighted by Crippen LogP contribution is -2.49. The van der Waals surface area contributed by atoms with Crippen molar-refractivity contribution < 1.29 is 4.74 Å². The number of aromatic nitrogens is 3. The van der Waals surface area contributed by atoms with Crippen molar-refractivity contribution in [2.75, 3.05) is 24.6 Å². The van der Waals surface area contributed by atoms with Gasteiger partial charge in [0.2, 0.25) is 10.1 Å². The normalized spacial score (nSPS) is 22.9. The third-order valence-corrected chi connectivity index (χ3v) is 4.97. The predicted octanol–water partition coefficient (Wildman–Crippen LogP) is 1.72. The number of hydrogen-bond acceptors (Lipinski definition) is 6. The van der Waals surface area contributed by atoms with Gasteiger partial charge >= 0.3 is 0 Å². The van der Waals surface area contributed by atoms with Crippen molar-refractivity contribution in [1.82, 2.24) is 14.6 Å². The van der Waals surface area contributed by atoms with Crippen molar-refractivity contribution in [3.05, 3.63) is 22.1 Å².